The fourth-order valence-corrected chi connectivity index (χ4v) is 3.45. The van der Waals surface area contributed by atoms with Gasteiger partial charge in [-0.25, -0.2) is 0 Å². The van der Waals surface area contributed by atoms with Gasteiger partial charge in [-0.2, -0.15) is 0 Å². The Bertz CT molecular complexity index is 396. The molecule has 1 heterocycles. The maximum Gasteiger partial charge on any atom is 0.0717 e. The summed E-state index contributed by atoms with van der Waals surface area (Å²) in [4.78, 5) is 2.68. The number of ether oxygens (including phenoxy) is 1. The third kappa shape index (κ3) is 7.50. The predicted octanol–water partition coefficient (Wildman–Crippen LogP) is 5.13. The molecule has 1 saturated heterocycles. The first-order chi connectivity index (χ1) is 11.3. The van der Waals surface area contributed by atoms with E-state index in [0.717, 1.165) is 13.2 Å². The second-order valence-corrected chi connectivity index (χ2v) is 7.40. The number of rotatable bonds is 9. The lowest BCUT2D eigenvalue weighted by Crippen LogP contribution is -2.27. The molecule has 2 heteroatoms. The molecule has 23 heavy (non-hydrogen) atoms. The Balaban J connectivity index is 1.64. The normalized spacial score (nSPS) is 18.0. The predicted molar refractivity (Wildman–Crippen MR) is 98.6 cm³/mol. The van der Waals surface area contributed by atoms with Gasteiger partial charge in [0, 0.05) is 0 Å². The van der Waals surface area contributed by atoms with Crippen LogP contribution in [-0.2, 0) is 11.3 Å². The quantitative estimate of drug-likeness (QED) is 0.626. The van der Waals surface area contributed by atoms with Gasteiger partial charge in [-0.15, -0.1) is 0 Å². The van der Waals surface area contributed by atoms with Crippen LogP contribution in [0.1, 0.15) is 57.9 Å². The monoisotopic (exact) mass is 317 g/mol. The molecule has 0 bridgehead atoms. The molecule has 0 spiro atoms. The molecule has 130 valence electrons. The second-order valence-electron chi connectivity index (χ2n) is 7.40. The lowest BCUT2D eigenvalue weighted by atomic mass is 9.92. The molecule has 0 aliphatic carbocycles. The molecule has 0 aromatic heterocycles. The van der Waals surface area contributed by atoms with Crippen LogP contribution >= 0.6 is 0 Å². The summed E-state index contributed by atoms with van der Waals surface area (Å²) in [5, 5.41) is 0. The van der Waals surface area contributed by atoms with Crippen LogP contribution in [0, 0.1) is 11.8 Å². The van der Waals surface area contributed by atoms with Crippen LogP contribution in [0.5, 0.6) is 0 Å². The highest BCUT2D eigenvalue weighted by molar-refractivity contribution is 5.13. The molecule has 1 aliphatic heterocycles. The van der Waals surface area contributed by atoms with E-state index in [1.54, 1.807) is 0 Å². The first kappa shape index (κ1) is 18.5. The molecule has 0 radical (unpaired) electrons. The van der Waals surface area contributed by atoms with Crippen LogP contribution in [0.25, 0.3) is 0 Å². The Labute approximate surface area is 143 Å². The van der Waals surface area contributed by atoms with Crippen LogP contribution < -0.4 is 0 Å². The van der Waals surface area contributed by atoms with Crippen molar-refractivity contribution in [1.82, 2.24) is 4.90 Å². The summed E-state index contributed by atoms with van der Waals surface area (Å²) in [6.45, 7) is 10.2. The second kappa shape index (κ2) is 10.8. The van der Waals surface area contributed by atoms with Crippen molar-refractivity contribution in [2.45, 2.75) is 59.0 Å². The lowest BCUT2D eigenvalue weighted by molar-refractivity contribution is 0.0660. The summed E-state index contributed by atoms with van der Waals surface area (Å²) in [6.07, 6.45) is 8.26. The number of nitrogens with zero attached hydrogens (tertiary/aromatic N) is 1. The number of hydrogen-bond acceptors (Lipinski definition) is 2. The number of likely N-dealkylation sites (tertiary alicyclic amines) is 1. The van der Waals surface area contributed by atoms with Crippen molar-refractivity contribution < 1.29 is 4.74 Å². The van der Waals surface area contributed by atoms with Crippen LogP contribution in [0.3, 0.4) is 0 Å². The maximum absolute atomic E-state index is 5.99. The smallest absolute Gasteiger partial charge is 0.0717 e. The van der Waals surface area contributed by atoms with Gasteiger partial charge in [0.1, 0.15) is 0 Å². The Kier molecular flexibility index (Phi) is 8.70. The molecule has 0 amide bonds. The van der Waals surface area contributed by atoms with Crippen LogP contribution in [0.2, 0.25) is 0 Å². The average Bonchev–Trinajstić information content (AvgIpc) is 2.83. The minimum atomic E-state index is 0.686. The van der Waals surface area contributed by atoms with Crippen LogP contribution in [0.15, 0.2) is 30.3 Å². The molecular formula is C21H35NO. The Morgan fingerprint density at radius 2 is 1.70 bits per heavy atom. The van der Waals surface area contributed by atoms with Gasteiger partial charge in [0.2, 0.25) is 0 Å². The highest BCUT2D eigenvalue weighted by atomic mass is 16.5. The van der Waals surface area contributed by atoms with Crippen molar-refractivity contribution in [2.24, 2.45) is 11.8 Å². The summed E-state index contributed by atoms with van der Waals surface area (Å²) in [7, 11) is 0. The van der Waals surface area contributed by atoms with Crippen LogP contribution in [0.4, 0.5) is 0 Å². The molecule has 1 atom stereocenters. The van der Waals surface area contributed by atoms with E-state index in [2.05, 4.69) is 49.1 Å². The third-order valence-electron chi connectivity index (χ3n) is 5.13. The molecular weight excluding hydrogens is 282 g/mol. The van der Waals surface area contributed by atoms with Crippen LogP contribution in [-0.4, -0.2) is 31.1 Å². The van der Waals surface area contributed by atoms with Crippen molar-refractivity contribution in [3.05, 3.63) is 35.9 Å². The zero-order valence-electron chi connectivity index (χ0n) is 15.2. The summed E-state index contributed by atoms with van der Waals surface area (Å²) in [5.74, 6) is 1.39. The third-order valence-corrected chi connectivity index (χ3v) is 5.13. The number of benzene rings is 1. The van der Waals surface area contributed by atoms with E-state index < -0.39 is 0 Å². The Morgan fingerprint density at radius 1 is 1.00 bits per heavy atom. The zero-order chi connectivity index (χ0) is 16.3. The molecule has 0 saturated carbocycles. The largest absolute Gasteiger partial charge is 0.376 e. The lowest BCUT2D eigenvalue weighted by Gasteiger charge is -2.24. The van der Waals surface area contributed by atoms with Gasteiger partial charge >= 0.3 is 0 Å². The summed E-state index contributed by atoms with van der Waals surface area (Å²) in [5.41, 5.74) is 1.28. The van der Waals surface area contributed by atoms with E-state index in [-0.39, 0.29) is 0 Å². The van der Waals surface area contributed by atoms with Gasteiger partial charge in [-0.1, -0.05) is 57.0 Å². The van der Waals surface area contributed by atoms with E-state index >= 15 is 0 Å². The summed E-state index contributed by atoms with van der Waals surface area (Å²) >= 11 is 0. The summed E-state index contributed by atoms with van der Waals surface area (Å²) in [6, 6.07) is 10.5. The highest BCUT2D eigenvalue weighted by Gasteiger charge is 2.15. The molecule has 0 N–H and O–H groups in total. The molecule has 2 nitrogen and oxygen atoms in total. The molecule has 1 aromatic carbocycles. The Morgan fingerprint density at radius 3 is 2.35 bits per heavy atom. The molecule has 1 fully saturated rings. The fraction of sp³-hybridized carbons (Fsp3) is 0.714. The minimum Gasteiger partial charge on any atom is -0.376 e. The molecule has 1 unspecified atom stereocenters. The fourth-order valence-electron chi connectivity index (χ4n) is 3.45. The van der Waals surface area contributed by atoms with E-state index in [1.165, 1.54) is 63.7 Å². The molecule has 2 rings (SSSR count). The Hall–Kier alpha value is -0.860. The first-order valence-electron chi connectivity index (χ1n) is 9.59. The maximum atomic E-state index is 5.99. The van der Waals surface area contributed by atoms with Gasteiger partial charge in [-0.3, -0.25) is 0 Å². The van der Waals surface area contributed by atoms with Crippen molar-refractivity contribution in [1.29, 1.82) is 0 Å². The minimum absolute atomic E-state index is 0.686. The first-order valence-corrected chi connectivity index (χ1v) is 9.59. The van der Waals surface area contributed by atoms with Gasteiger partial charge in [0.25, 0.3) is 0 Å². The SMILES string of the molecule is CC(C)C(CCCN1CCCCCC1)COCc1ccccc1. The molecule has 1 aromatic rings. The average molecular weight is 318 g/mol. The highest BCUT2D eigenvalue weighted by Crippen LogP contribution is 2.19. The zero-order valence-corrected chi connectivity index (χ0v) is 15.2. The van der Waals surface area contributed by atoms with Gasteiger partial charge < -0.3 is 9.64 Å². The van der Waals surface area contributed by atoms with Crippen molar-refractivity contribution in [3.8, 4) is 0 Å². The van der Waals surface area contributed by atoms with Gasteiger partial charge in [0.15, 0.2) is 0 Å². The number of hydrogen-bond donors (Lipinski definition) is 0. The van der Waals surface area contributed by atoms with E-state index in [9.17, 15) is 0 Å². The van der Waals surface area contributed by atoms with E-state index in [1.807, 2.05) is 0 Å². The summed E-state index contributed by atoms with van der Waals surface area (Å²) < 4.78 is 5.99. The van der Waals surface area contributed by atoms with Crippen molar-refractivity contribution >= 4 is 0 Å². The van der Waals surface area contributed by atoms with Gasteiger partial charge in [-0.05, 0) is 62.7 Å². The van der Waals surface area contributed by atoms with Crippen molar-refractivity contribution in [3.63, 3.8) is 0 Å². The van der Waals surface area contributed by atoms with E-state index in [4.69, 9.17) is 4.74 Å². The molecule has 1 aliphatic rings. The van der Waals surface area contributed by atoms with Gasteiger partial charge in [0.05, 0.1) is 13.2 Å². The van der Waals surface area contributed by atoms with E-state index in [0.29, 0.717) is 11.8 Å². The topological polar surface area (TPSA) is 12.5 Å². The standard InChI is InChI=1S/C21H35NO/c1-19(2)21(18-23-17-20-11-6-5-7-12-20)13-10-16-22-14-8-3-4-9-15-22/h5-7,11-12,19,21H,3-4,8-10,13-18H2,1-2H3. The van der Waals surface area contributed by atoms with Crippen molar-refractivity contribution in [2.75, 3.05) is 26.2 Å².